The zero-order valence-electron chi connectivity index (χ0n) is 16.2. The molecule has 0 aromatic heterocycles. The molecule has 2 aromatic rings. The molecule has 0 saturated heterocycles. The third kappa shape index (κ3) is 6.38. The third-order valence-electron chi connectivity index (χ3n) is 4.53. The summed E-state index contributed by atoms with van der Waals surface area (Å²) in [6.07, 6.45) is 0. The molecular formula is C21H27ClN3O2+. The molecule has 6 heteroatoms. The number of anilines is 1. The van der Waals surface area contributed by atoms with Gasteiger partial charge >= 0.3 is 0 Å². The highest BCUT2D eigenvalue weighted by Crippen LogP contribution is 2.18. The van der Waals surface area contributed by atoms with E-state index >= 15 is 0 Å². The summed E-state index contributed by atoms with van der Waals surface area (Å²) < 4.78 is 0. The largest absolute Gasteiger partial charge is 0.345 e. The van der Waals surface area contributed by atoms with Crippen LogP contribution in [0.3, 0.4) is 0 Å². The van der Waals surface area contributed by atoms with Gasteiger partial charge in [-0.2, -0.15) is 0 Å². The molecule has 2 rings (SSSR count). The molecule has 0 aliphatic heterocycles. The van der Waals surface area contributed by atoms with Crippen LogP contribution in [0.1, 0.15) is 29.7 Å². The molecular weight excluding hydrogens is 362 g/mol. The van der Waals surface area contributed by atoms with Gasteiger partial charge in [0, 0.05) is 10.7 Å². The first kappa shape index (κ1) is 20.9. The Balaban J connectivity index is 1.83. The predicted molar refractivity (Wildman–Crippen MR) is 109 cm³/mol. The molecule has 0 radical (unpaired) electrons. The molecule has 3 N–H and O–H groups in total. The van der Waals surface area contributed by atoms with Gasteiger partial charge in [0.25, 0.3) is 11.8 Å². The van der Waals surface area contributed by atoms with E-state index in [0.717, 1.165) is 27.3 Å². The summed E-state index contributed by atoms with van der Waals surface area (Å²) >= 11 is 5.99. The number of aryl methyl sites for hydroxylation is 1. The summed E-state index contributed by atoms with van der Waals surface area (Å²) in [5, 5.41) is 6.50. The van der Waals surface area contributed by atoms with Crippen molar-refractivity contribution >= 4 is 29.1 Å². The highest BCUT2D eigenvalue weighted by atomic mass is 35.5. The van der Waals surface area contributed by atoms with Crippen LogP contribution in [0.15, 0.2) is 42.5 Å². The molecule has 2 aromatic carbocycles. The minimum Gasteiger partial charge on any atom is -0.345 e. The summed E-state index contributed by atoms with van der Waals surface area (Å²) in [6, 6.07) is 13.1. The van der Waals surface area contributed by atoms with E-state index in [1.165, 1.54) is 0 Å². The normalized spacial score (nSPS) is 12.9. The highest BCUT2D eigenvalue weighted by Gasteiger charge is 2.17. The minimum absolute atomic E-state index is 0.112. The molecule has 2 amide bonds. The van der Waals surface area contributed by atoms with Crippen molar-refractivity contribution < 1.29 is 14.5 Å². The molecule has 0 aliphatic rings. The summed E-state index contributed by atoms with van der Waals surface area (Å²) in [5.74, 6) is -0.226. The van der Waals surface area contributed by atoms with E-state index in [2.05, 4.69) is 10.6 Å². The van der Waals surface area contributed by atoms with E-state index in [0.29, 0.717) is 5.02 Å². The first-order chi connectivity index (χ1) is 12.8. The molecule has 0 saturated carbocycles. The van der Waals surface area contributed by atoms with Gasteiger partial charge in [-0.1, -0.05) is 35.9 Å². The molecule has 0 spiro atoms. The monoisotopic (exact) mass is 388 g/mol. The number of rotatable bonds is 7. The minimum atomic E-state index is -0.146. The van der Waals surface area contributed by atoms with Gasteiger partial charge in [0.2, 0.25) is 0 Å². The quantitative estimate of drug-likeness (QED) is 0.681. The maximum Gasteiger partial charge on any atom is 0.279 e. The van der Waals surface area contributed by atoms with Crippen LogP contribution >= 0.6 is 11.6 Å². The summed E-state index contributed by atoms with van der Waals surface area (Å²) in [6.45, 7) is 6.32. The first-order valence-electron chi connectivity index (χ1n) is 8.98. The van der Waals surface area contributed by atoms with Gasteiger partial charge in [0.05, 0.1) is 13.1 Å². The van der Waals surface area contributed by atoms with Crippen molar-refractivity contribution in [3.05, 3.63) is 64.2 Å². The summed E-state index contributed by atoms with van der Waals surface area (Å²) in [4.78, 5) is 25.3. The molecule has 0 bridgehead atoms. The number of likely N-dealkylation sites (N-methyl/N-ethyl adjacent to an activating group) is 1. The van der Waals surface area contributed by atoms with Crippen molar-refractivity contribution in [3.63, 3.8) is 0 Å². The van der Waals surface area contributed by atoms with Crippen LogP contribution in [-0.4, -0.2) is 32.0 Å². The van der Waals surface area contributed by atoms with E-state index in [4.69, 9.17) is 11.6 Å². The second-order valence-corrected chi connectivity index (χ2v) is 7.39. The SMILES string of the molecule is Cc1cccc(NC(=O)C[NH+](C)CC(=O)N[C@H](C)c2cccc(Cl)c2)c1C. The Kier molecular flexibility index (Phi) is 7.39. The molecule has 5 nitrogen and oxygen atoms in total. The number of benzene rings is 2. The second-order valence-electron chi connectivity index (χ2n) is 6.95. The Morgan fingerprint density at radius 2 is 1.74 bits per heavy atom. The average Bonchev–Trinajstić information content (AvgIpc) is 2.58. The van der Waals surface area contributed by atoms with Crippen LogP contribution in [0.25, 0.3) is 0 Å². The van der Waals surface area contributed by atoms with E-state index < -0.39 is 0 Å². The van der Waals surface area contributed by atoms with Crippen molar-refractivity contribution in [2.24, 2.45) is 0 Å². The molecule has 0 fully saturated rings. The fraction of sp³-hybridized carbons (Fsp3) is 0.333. The number of carbonyl (C=O) groups excluding carboxylic acids is 2. The fourth-order valence-corrected chi connectivity index (χ4v) is 3.04. The Labute approximate surface area is 165 Å². The zero-order valence-corrected chi connectivity index (χ0v) is 17.0. The van der Waals surface area contributed by atoms with Gasteiger partial charge in [-0.3, -0.25) is 9.59 Å². The van der Waals surface area contributed by atoms with E-state index in [1.54, 1.807) is 6.07 Å². The lowest BCUT2D eigenvalue weighted by molar-refractivity contribution is -0.862. The van der Waals surface area contributed by atoms with E-state index in [9.17, 15) is 9.59 Å². The predicted octanol–water partition coefficient (Wildman–Crippen LogP) is 2.29. The number of nitrogens with one attached hydrogen (secondary N) is 3. The second kappa shape index (κ2) is 9.53. The number of quaternary nitrogens is 1. The van der Waals surface area contributed by atoms with E-state index in [-0.39, 0.29) is 30.9 Å². The number of hydrogen-bond donors (Lipinski definition) is 3. The number of hydrogen-bond acceptors (Lipinski definition) is 2. The van der Waals surface area contributed by atoms with Crippen LogP contribution < -0.4 is 15.5 Å². The Hall–Kier alpha value is -2.37. The zero-order chi connectivity index (χ0) is 20.0. The van der Waals surface area contributed by atoms with Gasteiger partial charge in [-0.25, -0.2) is 0 Å². The molecule has 144 valence electrons. The van der Waals surface area contributed by atoms with Gasteiger partial charge in [-0.05, 0) is 55.7 Å². The van der Waals surface area contributed by atoms with Gasteiger partial charge in [0.15, 0.2) is 13.1 Å². The summed E-state index contributed by atoms with van der Waals surface area (Å²) in [7, 11) is 1.83. The molecule has 0 aliphatic carbocycles. The van der Waals surface area contributed by atoms with Crippen LogP contribution in [-0.2, 0) is 9.59 Å². The lowest BCUT2D eigenvalue weighted by atomic mass is 10.1. The van der Waals surface area contributed by atoms with Crippen LogP contribution in [0.5, 0.6) is 0 Å². The van der Waals surface area contributed by atoms with Gasteiger partial charge < -0.3 is 15.5 Å². The van der Waals surface area contributed by atoms with Crippen molar-refractivity contribution in [2.75, 3.05) is 25.5 Å². The smallest absolute Gasteiger partial charge is 0.279 e. The van der Waals surface area contributed by atoms with Crippen LogP contribution in [0, 0.1) is 13.8 Å². The average molecular weight is 389 g/mol. The lowest BCUT2D eigenvalue weighted by Gasteiger charge is -2.18. The summed E-state index contributed by atoms with van der Waals surface area (Å²) in [5.41, 5.74) is 3.94. The van der Waals surface area contributed by atoms with E-state index in [1.807, 2.05) is 64.2 Å². The van der Waals surface area contributed by atoms with Crippen LogP contribution in [0.4, 0.5) is 5.69 Å². The Morgan fingerprint density at radius 1 is 1.07 bits per heavy atom. The topological polar surface area (TPSA) is 62.6 Å². The number of halogens is 1. The van der Waals surface area contributed by atoms with Crippen molar-refractivity contribution in [1.29, 1.82) is 0 Å². The molecule has 0 heterocycles. The van der Waals surface area contributed by atoms with Crippen molar-refractivity contribution in [2.45, 2.75) is 26.8 Å². The van der Waals surface area contributed by atoms with Crippen molar-refractivity contribution in [3.8, 4) is 0 Å². The fourth-order valence-electron chi connectivity index (χ4n) is 2.84. The maximum absolute atomic E-state index is 12.3. The molecule has 27 heavy (non-hydrogen) atoms. The Bertz CT molecular complexity index is 823. The Morgan fingerprint density at radius 3 is 2.44 bits per heavy atom. The highest BCUT2D eigenvalue weighted by molar-refractivity contribution is 6.30. The van der Waals surface area contributed by atoms with Crippen molar-refractivity contribution in [1.82, 2.24) is 5.32 Å². The third-order valence-corrected chi connectivity index (χ3v) is 4.76. The molecule has 2 atom stereocenters. The molecule has 1 unspecified atom stereocenters. The number of amides is 2. The lowest BCUT2D eigenvalue weighted by Crippen LogP contribution is -3.11. The van der Waals surface area contributed by atoms with Gasteiger partial charge in [0.1, 0.15) is 0 Å². The number of carbonyl (C=O) groups is 2. The first-order valence-corrected chi connectivity index (χ1v) is 9.36. The standard InChI is InChI=1S/C21H26ClN3O2/c1-14-7-5-10-19(15(14)2)24-21(27)13-25(4)12-20(26)23-16(3)17-8-6-9-18(22)11-17/h5-11,16H,12-13H2,1-4H3,(H,23,26)(H,24,27)/p+1/t16-/m1/s1. The maximum atomic E-state index is 12.3. The van der Waals surface area contributed by atoms with Crippen LogP contribution in [0.2, 0.25) is 5.02 Å². The van der Waals surface area contributed by atoms with Gasteiger partial charge in [-0.15, -0.1) is 0 Å².